The lowest BCUT2D eigenvalue weighted by Crippen LogP contribution is -2.21. The molecule has 7 heteroatoms. The van der Waals surface area contributed by atoms with Crippen molar-refractivity contribution in [2.45, 2.75) is 33.6 Å². The second kappa shape index (κ2) is 7.66. The van der Waals surface area contributed by atoms with E-state index in [9.17, 15) is 19.8 Å². The van der Waals surface area contributed by atoms with Crippen LogP contribution in [0.25, 0.3) is 21.9 Å². The summed E-state index contributed by atoms with van der Waals surface area (Å²) in [7, 11) is 0. The second-order valence-corrected chi connectivity index (χ2v) is 8.62. The maximum absolute atomic E-state index is 13.2. The molecule has 0 aliphatic carbocycles. The lowest BCUT2D eigenvalue weighted by atomic mass is 9.88. The summed E-state index contributed by atoms with van der Waals surface area (Å²) in [6.45, 7) is 7.48. The first-order valence-electron chi connectivity index (χ1n) is 10.7. The van der Waals surface area contributed by atoms with Gasteiger partial charge in [-0.15, -0.1) is 0 Å². The summed E-state index contributed by atoms with van der Waals surface area (Å²) >= 11 is 0. The summed E-state index contributed by atoms with van der Waals surface area (Å²) < 4.78 is 16.6. The van der Waals surface area contributed by atoms with E-state index in [2.05, 4.69) is 0 Å². The number of hydrogen-bond acceptors (Lipinski definition) is 7. The molecule has 0 saturated carbocycles. The molecule has 0 amide bonds. The van der Waals surface area contributed by atoms with E-state index in [4.69, 9.17) is 13.3 Å². The summed E-state index contributed by atoms with van der Waals surface area (Å²) in [5.74, 6) is -1.81. The quantitative estimate of drug-likeness (QED) is 0.352. The Morgan fingerprint density at radius 2 is 1.15 bits per heavy atom. The van der Waals surface area contributed by atoms with Crippen LogP contribution >= 0.6 is 0 Å². The molecule has 2 N–H and O–H groups in total. The standard InChI is InChI=1S/C27H22O7/c1-12-8-16-19(10-14(12)3)33-26(30)22(24(16)28)21(18-6-5-7-32-18)23-25(29)17-9-13(2)15(4)11-20(17)34-27(23)31/h5-11,21,28-29H,1-4H3. The van der Waals surface area contributed by atoms with E-state index in [1.54, 1.807) is 36.4 Å². The summed E-state index contributed by atoms with van der Waals surface area (Å²) in [4.78, 5) is 26.3. The fourth-order valence-corrected chi connectivity index (χ4v) is 4.31. The van der Waals surface area contributed by atoms with Crippen molar-refractivity contribution in [3.8, 4) is 11.5 Å². The number of benzene rings is 2. The molecule has 0 atom stereocenters. The highest BCUT2D eigenvalue weighted by atomic mass is 16.4. The van der Waals surface area contributed by atoms with Crippen LogP contribution in [0, 0.1) is 27.7 Å². The third-order valence-electron chi connectivity index (χ3n) is 6.46. The minimum Gasteiger partial charge on any atom is -0.507 e. The van der Waals surface area contributed by atoms with Crippen molar-refractivity contribution in [1.82, 2.24) is 0 Å². The van der Waals surface area contributed by atoms with Gasteiger partial charge >= 0.3 is 11.3 Å². The van der Waals surface area contributed by atoms with E-state index in [1.807, 2.05) is 27.7 Å². The van der Waals surface area contributed by atoms with Crippen molar-refractivity contribution in [3.05, 3.63) is 103 Å². The Labute approximate surface area is 193 Å². The van der Waals surface area contributed by atoms with Crippen molar-refractivity contribution in [2.75, 3.05) is 0 Å². The predicted molar refractivity (Wildman–Crippen MR) is 127 cm³/mol. The molecule has 34 heavy (non-hydrogen) atoms. The van der Waals surface area contributed by atoms with Crippen molar-refractivity contribution in [3.63, 3.8) is 0 Å². The lowest BCUT2D eigenvalue weighted by molar-refractivity contribution is 0.424. The first-order chi connectivity index (χ1) is 16.2. The second-order valence-electron chi connectivity index (χ2n) is 8.62. The van der Waals surface area contributed by atoms with Gasteiger partial charge in [-0.05, 0) is 86.3 Å². The molecule has 5 rings (SSSR count). The van der Waals surface area contributed by atoms with Crippen LogP contribution in [0.15, 0.2) is 65.5 Å². The molecule has 3 heterocycles. The van der Waals surface area contributed by atoms with Crippen LogP contribution in [0.1, 0.15) is 45.1 Å². The van der Waals surface area contributed by atoms with Crippen LogP contribution in [0.4, 0.5) is 0 Å². The zero-order valence-electron chi connectivity index (χ0n) is 19.1. The molecule has 2 aromatic carbocycles. The van der Waals surface area contributed by atoms with Crippen molar-refractivity contribution >= 4 is 21.9 Å². The Morgan fingerprint density at radius 1 is 0.706 bits per heavy atom. The van der Waals surface area contributed by atoms with Gasteiger partial charge in [0.05, 0.1) is 34.1 Å². The van der Waals surface area contributed by atoms with Crippen molar-refractivity contribution < 1.29 is 23.5 Å². The average Bonchev–Trinajstić information content (AvgIpc) is 3.30. The normalized spacial score (nSPS) is 11.7. The van der Waals surface area contributed by atoms with E-state index in [-0.39, 0.29) is 39.6 Å². The fraction of sp³-hybridized carbons (Fsp3) is 0.185. The van der Waals surface area contributed by atoms with Gasteiger partial charge in [0.2, 0.25) is 0 Å². The Morgan fingerprint density at radius 3 is 1.56 bits per heavy atom. The highest BCUT2D eigenvalue weighted by Crippen LogP contribution is 2.42. The molecule has 7 nitrogen and oxygen atoms in total. The Bertz CT molecular complexity index is 1590. The molecule has 5 aromatic rings. The fourth-order valence-electron chi connectivity index (χ4n) is 4.31. The average molecular weight is 458 g/mol. The van der Waals surface area contributed by atoms with E-state index in [1.165, 1.54) is 6.26 Å². The third-order valence-corrected chi connectivity index (χ3v) is 6.46. The molecule has 0 radical (unpaired) electrons. The molecule has 0 aliphatic rings. The van der Waals surface area contributed by atoms with E-state index >= 15 is 0 Å². The first kappa shape index (κ1) is 21.6. The van der Waals surface area contributed by atoms with Crippen LogP contribution in [0.2, 0.25) is 0 Å². The van der Waals surface area contributed by atoms with Gasteiger partial charge in [-0.2, -0.15) is 0 Å². The molecule has 0 saturated heterocycles. The smallest absolute Gasteiger partial charge is 0.344 e. The summed E-state index contributed by atoms with van der Waals surface area (Å²) in [6, 6.07) is 9.90. The van der Waals surface area contributed by atoms with Gasteiger partial charge in [0, 0.05) is 0 Å². The van der Waals surface area contributed by atoms with Crippen LogP contribution in [-0.2, 0) is 0 Å². The maximum Gasteiger partial charge on any atom is 0.344 e. The summed E-state index contributed by atoms with van der Waals surface area (Å²) in [5.41, 5.74) is 1.83. The SMILES string of the molecule is Cc1cc2oc(=O)c(C(c3ccco3)c3c(O)c4cc(C)c(C)cc4oc3=O)c(O)c2cc1C. The van der Waals surface area contributed by atoms with Gasteiger partial charge in [0.25, 0.3) is 0 Å². The largest absolute Gasteiger partial charge is 0.507 e. The number of hydrogen-bond donors (Lipinski definition) is 2. The molecule has 172 valence electrons. The number of aromatic hydroxyl groups is 2. The first-order valence-corrected chi connectivity index (χ1v) is 10.7. The Hall–Kier alpha value is -4.26. The van der Waals surface area contributed by atoms with Crippen LogP contribution in [-0.4, -0.2) is 10.2 Å². The predicted octanol–water partition coefficient (Wildman–Crippen LogP) is 5.32. The zero-order valence-corrected chi connectivity index (χ0v) is 19.1. The lowest BCUT2D eigenvalue weighted by Gasteiger charge is -2.18. The minimum atomic E-state index is -1.26. The van der Waals surface area contributed by atoms with E-state index < -0.39 is 17.2 Å². The van der Waals surface area contributed by atoms with Crippen molar-refractivity contribution in [2.24, 2.45) is 0 Å². The topological polar surface area (TPSA) is 114 Å². The van der Waals surface area contributed by atoms with Crippen LogP contribution in [0.5, 0.6) is 11.5 Å². The van der Waals surface area contributed by atoms with Gasteiger partial charge < -0.3 is 23.5 Å². The molecule has 0 spiro atoms. The van der Waals surface area contributed by atoms with Crippen molar-refractivity contribution in [1.29, 1.82) is 0 Å². The summed E-state index contributed by atoms with van der Waals surface area (Å²) in [5, 5.41) is 23.1. The Kier molecular flexibility index (Phi) is 4.86. The van der Waals surface area contributed by atoms with Gasteiger partial charge in [-0.25, -0.2) is 9.59 Å². The summed E-state index contributed by atoms with van der Waals surface area (Å²) in [6.07, 6.45) is 1.38. The number of rotatable bonds is 3. The van der Waals surface area contributed by atoms with Crippen LogP contribution in [0.3, 0.4) is 0 Å². The molecule has 0 aliphatic heterocycles. The molecular weight excluding hydrogens is 436 g/mol. The highest BCUT2D eigenvalue weighted by Gasteiger charge is 2.34. The molecule has 0 bridgehead atoms. The van der Waals surface area contributed by atoms with Gasteiger partial charge in [0.1, 0.15) is 28.4 Å². The van der Waals surface area contributed by atoms with Gasteiger partial charge in [0.15, 0.2) is 0 Å². The van der Waals surface area contributed by atoms with E-state index in [0.29, 0.717) is 10.8 Å². The third kappa shape index (κ3) is 3.20. The number of fused-ring (bicyclic) bond motifs is 2. The zero-order chi connectivity index (χ0) is 24.3. The maximum atomic E-state index is 13.2. The molecule has 3 aromatic heterocycles. The van der Waals surface area contributed by atoms with E-state index in [0.717, 1.165) is 22.3 Å². The highest BCUT2D eigenvalue weighted by molar-refractivity contribution is 5.88. The van der Waals surface area contributed by atoms with Crippen LogP contribution < -0.4 is 11.3 Å². The molecule has 0 fully saturated rings. The minimum absolute atomic E-state index is 0.163. The number of aryl methyl sites for hydroxylation is 4. The van der Waals surface area contributed by atoms with Gasteiger partial charge in [-0.3, -0.25) is 0 Å². The molecular formula is C27H22O7. The molecule has 0 unspecified atom stereocenters. The number of furan rings is 1. The Balaban J connectivity index is 1.89. The monoisotopic (exact) mass is 458 g/mol. The van der Waals surface area contributed by atoms with Gasteiger partial charge in [-0.1, -0.05) is 0 Å².